The van der Waals surface area contributed by atoms with Gasteiger partial charge in [-0.3, -0.25) is 0 Å². The van der Waals surface area contributed by atoms with E-state index in [4.69, 9.17) is 0 Å². The van der Waals surface area contributed by atoms with Crippen molar-refractivity contribution in [1.82, 2.24) is 0 Å². The molecule has 4 heteroatoms. The van der Waals surface area contributed by atoms with Crippen molar-refractivity contribution >= 4 is 27.6 Å². The van der Waals surface area contributed by atoms with Gasteiger partial charge in [-0.15, -0.1) is 0 Å². The lowest BCUT2D eigenvalue weighted by molar-refractivity contribution is 0.0697. The Morgan fingerprint density at radius 1 is 1.32 bits per heavy atom. The first-order valence-electron chi connectivity index (χ1n) is 6.74. The van der Waals surface area contributed by atoms with Gasteiger partial charge in [0.25, 0.3) is 0 Å². The summed E-state index contributed by atoms with van der Waals surface area (Å²) in [7, 11) is 2.01. The molecule has 1 aliphatic carbocycles. The molecule has 1 aromatic carbocycles. The van der Waals surface area contributed by atoms with Crippen LogP contribution in [0.5, 0.6) is 0 Å². The Morgan fingerprint density at radius 2 is 1.95 bits per heavy atom. The third-order valence-corrected chi connectivity index (χ3v) is 4.60. The van der Waals surface area contributed by atoms with Crippen LogP contribution in [0.2, 0.25) is 0 Å². The standard InChI is InChI=1S/C15H20BrNO2/c1-10-3-6-12(7-4-10)17(2)14-8-5-11(16)9-13(14)15(18)19/h5,8-10,12H,3-4,6-7H2,1-2H3,(H,18,19). The van der Waals surface area contributed by atoms with Gasteiger partial charge in [0, 0.05) is 17.6 Å². The molecule has 0 saturated heterocycles. The lowest BCUT2D eigenvalue weighted by Crippen LogP contribution is -2.35. The smallest absolute Gasteiger partial charge is 0.337 e. The first-order chi connectivity index (χ1) is 8.99. The van der Waals surface area contributed by atoms with Gasteiger partial charge in [0.2, 0.25) is 0 Å². The number of aromatic carboxylic acids is 1. The van der Waals surface area contributed by atoms with Gasteiger partial charge in [-0.1, -0.05) is 22.9 Å². The van der Waals surface area contributed by atoms with E-state index in [9.17, 15) is 9.90 Å². The molecule has 0 heterocycles. The van der Waals surface area contributed by atoms with Crippen LogP contribution in [-0.2, 0) is 0 Å². The largest absolute Gasteiger partial charge is 0.478 e. The summed E-state index contributed by atoms with van der Waals surface area (Å²) in [6, 6.07) is 5.94. The van der Waals surface area contributed by atoms with Gasteiger partial charge in [-0.05, 0) is 49.8 Å². The third-order valence-electron chi connectivity index (χ3n) is 4.10. The van der Waals surface area contributed by atoms with Crippen molar-refractivity contribution in [3.63, 3.8) is 0 Å². The van der Waals surface area contributed by atoms with E-state index in [0.717, 1.165) is 28.9 Å². The second kappa shape index (κ2) is 5.95. The zero-order chi connectivity index (χ0) is 14.0. The van der Waals surface area contributed by atoms with E-state index in [1.807, 2.05) is 19.2 Å². The highest BCUT2D eigenvalue weighted by molar-refractivity contribution is 9.10. The topological polar surface area (TPSA) is 40.5 Å². The average Bonchev–Trinajstić information content (AvgIpc) is 2.38. The molecule has 19 heavy (non-hydrogen) atoms. The Labute approximate surface area is 122 Å². The van der Waals surface area contributed by atoms with Crippen molar-refractivity contribution in [2.75, 3.05) is 11.9 Å². The molecule has 0 unspecified atom stereocenters. The van der Waals surface area contributed by atoms with Crippen molar-refractivity contribution in [1.29, 1.82) is 0 Å². The van der Waals surface area contributed by atoms with Crippen LogP contribution in [0.25, 0.3) is 0 Å². The van der Waals surface area contributed by atoms with E-state index < -0.39 is 5.97 Å². The van der Waals surface area contributed by atoms with E-state index in [1.165, 1.54) is 12.8 Å². The minimum Gasteiger partial charge on any atom is -0.478 e. The molecule has 1 fully saturated rings. The number of benzene rings is 1. The molecule has 0 spiro atoms. The van der Waals surface area contributed by atoms with Crippen molar-refractivity contribution in [2.45, 2.75) is 38.6 Å². The zero-order valence-electron chi connectivity index (χ0n) is 11.4. The highest BCUT2D eigenvalue weighted by atomic mass is 79.9. The van der Waals surface area contributed by atoms with Gasteiger partial charge < -0.3 is 10.0 Å². The van der Waals surface area contributed by atoms with Gasteiger partial charge in [-0.2, -0.15) is 0 Å². The molecule has 1 N–H and O–H groups in total. The number of nitrogens with zero attached hydrogens (tertiary/aromatic N) is 1. The van der Waals surface area contributed by atoms with Crippen LogP contribution < -0.4 is 4.90 Å². The summed E-state index contributed by atoms with van der Waals surface area (Å²) in [5.41, 5.74) is 1.19. The van der Waals surface area contributed by atoms with Crippen molar-refractivity contribution < 1.29 is 9.90 Å². The monoisotopic (exact) mass is 325 g/mol. The lowest BCUT2D eigenvalue weighted by atomic mass is 9.86. The van der Waals surface area contributed by atoms with Gasteiger partial charge >= 0.3 is 5.97 Å². The predicted molar refractivity (Wildman–Crippen MR) is 80.9 cm³/mol. The summed E-state index contributed by atoms with van der Waals surface area (Å²) in [6.45, 7) is 2.29. The number of anilines is 1. The number of hydrogen-bond acceptors (Lipinski definition) is 2. The number of carboxylic acids is 1. The van der Waals surface area contributed by atoms with Crippen LogP contribution in [0.3, 0.4) is 0 Å². The molecular formula is C15H20BrNO2. The number of rotatable bonds is 3. The summed E-state index contributed by atoms with van der Waals surface area (Å²) in [4.78, 5) is 13.5. The van der Waals surface area contributed by atoms with Crippen molar-refractivity contribution in [2.24, 2.45) is 5.92 Å². The molecule has 0 amide bonds. The maximum absolute atomic E-state index is 11.4. The zero-order valence-corrected chi connectivity index (χ0v) is 13.0. The average molecular weight is 326 g/mol. The summed E-state index contributed by atoms with van der Waals surface area (Å²) in [6.07, 6.45) is 4.75. The highest BCUT2D eigenvalue weighted by Gasteiger charge is 2.24. The Hall–Kier alpha value is -1.03. The molecular weight excluding hydrogens is 306 g/mol. The molecule has 2 rings (SSSR count). The van der Waals surface area contributed by atoms with Gasteiger partial charge in [0.05, 0.1) is 11.3 Å². The summed E-state index contributed by atoms with van der Waals surface area (Å²) in [5, 5.41) is 9.33. The maximum atomic E-state index is 11.4. The summed E-state index contributed by atoms with van der Waals surface area (Å²) >= 11 is 3.34. The Balaban J connectivity index is 2.23. The molecule has 104 valence electrons. The quantitative estimate of drug-likeness (QED) is 0.907. The number of carboxylic acid groups (broad SMARTS) is 1. The van der Waals surface area contributed by atoms with Crippen LogP contribution in [0, 0.1) is 5.92 Å². The molecule has 0 bridgehead atoms. The van der Waals surface area contributed by atoms with Crippen molar-refractivity contribution in [3.8, 4) is 0 Å². The molecule has 1 aliphatic rings. The summed E-state index contributed by atoms with van der Waals surface area (Å²) in [5.74, 6) is -0.0687. The summed E-state index contributed by atoms with van der Waals surface area (Å²) < 4.78 is 0.805. The van der Waals surface area contributed by atoms with Crippen LogP contribution in [0.1, 0.15) is 43.0 Å². The molecule has 1 aromatic rings. The van der Waals surface area contributed by atoms with E-state index in [-0.39, 0.29) is 0 Å². The normalized spacial score (nSPS) is 23.1. The van der Waals surface area contributed by atoms with Gasteiger partial charge in [0.1, 0.15) is 0 Å². The van der Waals surface area contributed by atoms with Crippen LogP contribution in [0.15, 0.2) is 22.7 Å². The van der Waals surface area contributed by atoms with E-state index >= 15 is 0 Å². The fourth-order valence-electron chi connectivity index (χ4n) is 2.81. The van der Waals surface area contributed by atoms with E-state index in [0.29, 0.717) is 11.6 Å². The second-order valence-electron chi connectivity index (χ2n) is 5.49. The molecule has 3 nitrogen and oxygen atoms in total. The molecule has 0 aliphatic heterocycles. The number of halogens is 1. The van der Waals surface area contributed by atoms with Crippen LogP contribution in [-0.4, -0.2) is 24.2 Å². The molecule has 0 radical (unpaired) electrons. The number of carbonyl (C=O) groups is 1. The van der Waals surface area contributed by atoms with Gasteiger partial charge in [0.15, 0.2) is 0 Å². The minimum atomic E-state index is -0.868. The first-order valence-corrected chi connectivity index (χ1v) is 7.54. The molecule has 0 aromatic heterocycles. The fourth-order valence-corrected chi connectivity index (χ4v) is 3.17. The Kier molecular flexibility index (Phi) is 4.50. The molecule has 0 atom stereocenters. The Bertz CT molecular complexity index is 467. The Morgan fingerprint density at radius 3 is 2.53 bits per heavy atom. The first kappa shape index (κ1) is 14.4. The maximum Gasteiger partial charge on any atom is 0.337 e. The minimum absolute atomic E-state index is 0.371. The van der Waals surface area contributed by atoms with Gasteiger partial charge in [-0.25, -0.2) is 4.79 Å². The van der Waals surface area contributed by atoms with Crippen LogP contribution >= 0.6 is 15.9 Å². The second-order valence-corrected chi connectivity index (χ2v) is 6.41. The van der Waals surface area contributed by atoms with Crippen molar-refractivity contribution in [3.05, 3.63) is 28.2 Å². The fraction of sp³-hybridized carbons (Fsp3) is 0.533. The third kappa shape index (κ3) is 3.30. The van der Waals surface area contributed by atoms with Crippen LogP contribution in [0.4, 0.5) is 5.69 Å². The number of hydrogen-bond donors (Lipinski definition) is 1. The van der Waals surface area contributed by atoms with E-state index in [1.54, 1.807) is 6.07 Å². The predicted octanol–water partition coefficient (Wildman–Crippen LogP) is 4.16. The lowest BCUT2D eigenvalue weighted by Gasteiger charge is -2.35. The van der Waals surface area contributed by atoms with E-state index in [2.05, 4.69) is 27.8 Å². The molecule has 1 saturated carbocycles. The SMILES string of the molecule is CC1CCC(N(C)c2ccc(Br)cc2C(=O)O)CC1. The highest BCUT2D eigenvalue weighted by Crippen LogP contribution is 2.32.